The van der Waals surface area contributed by atoms with Crippen LogP contribution in [0.2, 0.25) is 0 Å². The van der Waals surface area contributed by atoms with Gasteiger partial charge in [0.2, 0.25) is 0 Å². The molecule has 0 bridgehead atoms. The van der Waals surface area contributed by atoms with Crippen molar-refractivity contribution in [3.8, 4) is 34.6 Å². The number of hydrogen-bond donors (Lipinski definition) is 1. The van der Waals surface area contributed by atoms with Gasteiger partial charge < -0.3 is 19.1 Å². The van der Waals surface area contributed by atoms with Crippen molar-refractivity contribution in [2.24, 2.45) is 0 Å². The molecule has 7 heteroatoms. The van der Waals surface area contributed by atoms with Gasteiger partial charge in [-0.25, -0.2) is 0 Å². The molecule has 1 N–H and O–H groups in total. The highest BCUT2D eigenvalue weighted by Gasteiger charge is 2.18. The minimum Gasteiger partial charge on any atom is -0.506 e. The number of aromatic nitrogens is 2. The van der Waals surface area contributed by atoms with Crippen molar-refractivity contribution in [2.75, 3.05) is 13.7 Å². The molecule has 7 nitrogen and oxygen atoms in total. The first-order chi connectivity index (χ1) is 15.0. The third-order valence-electron chi connectivity index (χ3n) is 5.16. The maximum atomic E-state index is 12.1. The Bertz CT molecular complexity index is 1290. The van der Waals surface area contributed by atoms with Crippen LogP contribution in [0.4, 0.5) is 0 Å². The predicted molar refractivity (Wildman–Crippen MR) is 117 cm³/mol. The number of nitriles is 1. The Morgan fingerprint density at radius 2 is 1.87 bits per heavy atom. The van der Waals surface area contributed by atoms with E-state index in [1.165, 1.54) is 23.0 Å². The summed E-state index contributed by atoms with van der Waals surface area (Å²) in [5, 5.41) is 20.1. The molecule has 0 radical (unpaired) electrons. The van der Waals surface area contributed by atoms with E-state index >= 15 is 0 Å². The highest BCUT2D eigenvalue weighted by Crippen LogP contribution is 2.35. The number of carbonyl (C=O) groups is 1. The fraction of sp³-hybridized carbons (Fsp3) is 0.167. The number of ether oxygens (including phenoxy) is 2. The molecule has 0 aliphatic heterocycles. The number of fused-ring (bicyclic) bond motifs is 1. The van der Waals surface area contributed by atoms with E-state index in [0.717, 1.165) is 27.9 Å². The van der Waals surface area contributed by atoms with Crippen LogP contribution in [-0.2, 0) is 6.54 Å². The quantitative estimate of drug-likeness (QED) is 0.503. The Labute approximate surface area is 179 Å². The fourth-order valence-electron chi connectivity index (χ4n) is 3.67. The van der Waals surface area contributed by atoms with E-state index in [1.807, 2.05) is 37.3 Å². The minimum atomic E-state index is -0.295. The first kappa shape index (κ1) is 20.1. The van der Waals surface area contributed by atoms with Gasteiger partial charge in [0.25, 0.3) is 5.91 Å². The average molecular weight is 415 g/mol. The summed E-state index contributed by atoms with van der Waals surface area (Å²) >= 11 is 0. The number of hydrogen-bond acceptors (Lipinski definition) is 5. The SMILES string of the molecule is CCn1c(-c2ccc(OCC(=O)n3ccc(O)c3)cc2)c(C#N)c2ccc(OC)cc21. The van der Waals surface area contributed by atoms with Crippen molar-refractivity contribution in [1.29, 1.82) is 5.26 Å². The summed E-state index contributed by atoms with van der Waals surface area (Å²) in [6.07, 6.45) is 2.81. The van der Waals surface area contributed by atoms with Crippen LogP contribution < -0.4 is 9.47 Å². The van der Waals surface area contributed by atoms with E-state index < -0.39 is 0 Å². The lowest BCUT2D eigenvalue weighted by molar-refractivity contribution is 0.0837. The maximum Gasteiger partial charge on any atom is 0.268 e. The van der Waals surface area contributed by atoms with Crippen molar-refractivity contribution in [2.45, 2.75) is 13.5 Å². The molecule has 4 rings (SSSR count). The lowest BCUT2D eigenvalue weighted by atomic mass is 10.1. The normalized spacial score (nSPS) is 10.7. The molecule has 0 amide bonds. The van der Waals surface area contributed by atoms with E-state index in [0.29, 0.717) is 17.9 Å². The number of methoxy groups -OCH3 is 1. The number of aryl methyl sites for hydroxylation is 1. The van der Waals surface area contributed by atoms with Gasteiger partial charge in [-0.05, 0) is 55.0 Å². The Morgan fingerprint density at radius 1 is 1.13 bits per heavy atom. The van der Waals surface area contributed by atoms with Crippen LogP contribution in [0.25, 0.3) is 22.2 Å². The smallest absolute Gasteiger partial charge is 0.268 e. The van der Waals surface area contributed by atoms with Gasteiger partial charge in [-0.1, -0.05) is 0 Å². The summed E-state index contributed by atoms with van der Waals surface area (Å²) in [5.74, 6) is 0.999. The van der Waals surface area contributed by atoms with Gasteiger partial charge in [0.1, 0.15) is 23.3 Å². The van der Waals surface area contributed by atoms with E-state index in [2.05, 4.69) is 10.6 Å². The van der Waals surface area contributed by atoms with Gasteiger partial charge in [0.15, 0.2) is 6.61 Å². The second-order valence-electron chi connectivity index (χ2n) is 6.95. The molecular weight excluding hydrogens is 394 g/mol. The largest absolute Gasteiger partial charge is 0.506 e. The van der Waals surface area contributed by atoms with Crippen LogP contribution in [0.5, 0.6) is 17.2 Å². The molecule has 156 valence electrons. The van der Waals surface area contributed by atoms with Crippen molar-refractivity contribution in [3.05, 3.63) is 66.5 Å². The van der Waals surface area contributed by atoms with Crippen molar-refractivity contribution in [3.63, 3.8) is 0 Å². The Balaban J connectivity index is 1.63. The lowest BCUT2D eigenvalue weighted by Gasteiger charge is -2.10. The molecule has 0 saturated heterocycles. The van der Waals surface area contributed by atoms with Gasteiger partial charge >= 0.3 is 0 Å². The number of benzene rings is 2. The summed E-state index contributed by atoms with van der Waals surface area (Å²) in [6.45, 7) is 2.56. The molecule has 0 atom stereocenters. The van der Waals surface area contributed by atoms with Crippen LogP contribution in [0.15, 0.2) is 60.9 Å². The molecule has 2 heterocycles. The second kappa shape index (κ2) is 8.28. The molecule has 0 unspecified atom stereocenters. The van der Waals surface area contributed by atoms with E-state index in [9.17, 15) is 15.2 Å². The highest BCUT2D eigenvalue weighted by molar-refractivity contribution is 5.95. The third kappa shape index (κ3) is 3.71. The second-order valence-corrected chi connectivity index (χ2v) is 6.95. The molecular formula is C24H21N3O4. The third-order valence-corrected chi connectivity index (χ3v) is 5.16. The lowest BCUT2D eigenvalue weighted by Crippen LogP contribution is -2.17. The van der Waals surface area contributed by atoms with Crippen LogP contribution in [0, 0.1) is 11.3 Å². The van der Waals surface area contributed by atoms with Crippen LogP contribution in [0.3, 0.4) is 0 Å². The zero-order valence-electron chi connectivity index (χ0n) is 17.2. The van der Waals surface area contributed by atoms with Crippen molar-refractivity contribution in [1.82, 2.24) is 9.13 Å². The van der Waals surface area contributed by atoms with Crippen molar-refractivity contribution < 1.29 is 19.4 Å². The molecule has 0 saturated carbocycles. The monoisotopic (exact) mass is 415 g/mol. The van der Waals surface area contributed by atoms with E-state index in [1.54, 1.807) is 19.2 Å². The maximum absolute atomic E-state index is 12.1. The number of rotatable bonds is 6. The topological polar surface area (TPSA) is 89.4 Å². The number of carbonyl (C=O) groups excluding carboxylic acids is 1. The van der Waals surface area contributed by atoms with Gasteiger partial charge in [0.05, 0.1) is 30.1 Å². The summed E-state index contributed by atoms with van der Waals surface area (Å²) in [7, 11) is 1.62. The molecule has 4 aromatic rings. The fourth-order valence-corrected chi connectivity index (χ4v) is 3.67. The predicted octanol–water partition coefficient (Wildman–Crippen LogP) is 4.43. The molecule has 0 fully saturated rings. The Morgan fingerprint density at radius 3 is 2.48 bits per heavy atom. The molecule has 2 aromatic heterocycles. The summed E-state index contributed by atoms with van der Waals surface area (Å²) in [4.78, 5) is 12.1. The zero-order valence-corrected chi connectivity index (χ0v) is 17.2. The molecule has 0 aliphatic rings. The minimum absolute atomic E-state index is 0.0231. The number of nitrogens with zero attached hydrogens (tertiary/aromatic N) is 3. The van der Waals surface area contributed by atoms with Gasteiger partial charge in [-0.3, -0.25) is 9.36 Å². The first-order valence-electron chi connectivity index (χ1n) is 9.79. The Kier molecular flexibility index (Phi) is 5.37. The summed E-state index contributed by atoms with van der Waals surface area (Å²) < 4.78 is 14.3. The molecule has 2 aromatic carbocycles. The summed E-state index contributed by atoms with van der Waals surface area (Å²) in [6, 6.07) is 16.8. The van der Waals surface area contributed by atoms with Gasteiger partial charge in [-0.15, -0.1) is 0 Å². The Hall–Kier alpha value is -4.18. The average Bonchev–Trinajstić information content (AvgIpc) is 3.37. The molecule has 31 heavy (non-hydrogen) atoms. The van der Waals surface area contributed by atoms with Crippen molar-refractivity contribution >= 4 is 16.8 Å². The highest BCUT2D eigenvalue weighted by atomic mass is 16.5. The standard InChI is InChI=1S/C24H21N3O4/c1-3-27-22-12-19(30-2)8-9-20(22)21(13-25)24(27)16-4-6-18(7-5-16)31-15-23(29)26-11-10-17(28)14-26/h4-12,14,28H,3,15H2,1-2H3. The van der Waals surface area contributed by atoms with E-state index in [-0.39, 0.29) is 18.3 Å². The van der Waals surface area contributed by atoms with E-state index in [4.69, 9.17) is 9.47 Å². The summed E-state index contributed by atoms with van der Waals surface area (Å²) in [5.41, 5.74) is 3.26. The zero-order chi connectivity index (χ0) is 22.0. The molecule has 0 aliphatic carbocycles. The molecule has 0 spiro atoms. The van der Waals surface area contributed by atoms with Crippen LogP contribution >= 0.6 is 0 Å². The van der Waals surface area contributed by atoms with Crippen LogP contribution in [0.1, 0.15) is 17.3 Å². The van der Waals surface area contributed by atoms with Crippen LogP contribution in [-0.4, -0.2) is 33.9 Å². The van der Waals surface area contributed by atoms with Gasteiger partial charge in [-0.2, -0.15) is 5.26 Å². The number of aromatic hydroxyl groups is 1. The van der Waals surface area contributed by atoms with Gasteiger partial charge in [0, 0.05) is 24.2 Å². The first-order valence-corrected chi connectivity index (χ1v) is 9.79.